The minimum Gasteiger partial charge on any atom is -0.308 e. The van der Waals surface area contributed by atoms with E-state index < -0.39 is 21.6 Å². The van der Waals surface area contributed by atoms with Crippen molar-refractivity contribution in [2.24, 2.45) is 5.92 Å². The molecule has 0 N–H and O–H groups in total. The van der Waals surface area contributed by atoms with E-state index in [1.165, 1.54) is 29.2 Å². The van der Waals surface area contributed by atoms with Crippen LogP contribution in [0.15, 0.2) is 48.8 Å². The highest BCUT2D eigenvalue weighted by Crippen LogP contribution is 2.26. The second-order valence-electron chi connectivity index (χ2n) is 5.86. The van der Waals surface area contributed by atoms with Gasteiger partial charge in [0.05, 0.1) is 24.0 Å². The average molecular weight is 348 g/mol. The molecule has 1 fully saturated rings. The van der Waals surface area contributed by atoms with Crippen LogP contribution in [0.2, 0.25) is 0 Å². The summed E-state index contributed by atoms with van der Waals surface area (Å²) in [5.74, 6) is -1.30. The van der Waals surface area contributed by atoms with Crippen molar-refractivity contribution in [1.82, 2.24) is 4.98 Å². The van der Waals surface area contributed by atoms with Gasteiger partial charge in [0.2, 0.25) is 5.91 Å². The third kappa shape index (κ3) is 3.79. The van der Waals surface area contributed by atoms with E-state index in [2.05, 4.69) is 4.98 Å². The van der Waals surface area contributed by atoms with Crippen LogP contribution in [-0.2, 0) is 21.2 Å². The lowest BCUT2D eigenvalue weighted by molar-refractivity contribution is -0.121. The summed E-state index contributed by atoms with van der Waals surface area (Å²) in [6.45, 7) is 0.259. The largest absolute Gasteiger partial charge is 0.308 e. The standard InChI is InChI=1S/C17H17FN2O3S/c18-15-3-5-16(6-4-15)20(11-13-2-1-8-19-10-13)17(21)14-7-9-24(22,23)12-14/h1-6,8,10,14H,7,9,11-12H2/t14-/m1/s1. The van der Waals surface area contributed by atoms with Gasteiger partial charge in [-0.2, -0.15) is 0 Å². The highest BCUT2D eigenvalue weighted by Gasteiger charge is 2.35. The summed E-state index contributed by atoms with van der Waals surface area (Å²) in [4.78, 5) is 18.4. The number of carbonyl (C=O) groups is 1. The van der Waals surface area contributed by atoms with Crippen LogP contribution in [0.4, 0.5) is 10.1 Å². The normalized spacial score (nSPS) is 19.1. The lowest BCUT2D eigenvalue weighted by atomic mass is 10.1. The lowest BCUT2D eigenvalue weighted by Crippen LogP contribution is -2.36. The SMILES string of the molecule is O=C([C@@H]1CCS(=O)(=O)C1)N(Cc1cccnc1)c1ccc(F)cc1. The monoisotopic (exact) mass is 348 g/mol. The highest BCUT2D eigenvalue weighted by atomic mass is 32.2. The van der Waals surface area contributed by atoms with Gasteiger partial charge in [0, 0.05) is 18.1 Å². The van der Waals surface area contributed by atoms with Crippen LogP contribution in [0.3, 0.4) is 0 Å². The lowest BCUT2D eigenvalue weighted by Gasteiger charge is -2.25. The van der Waals surface area contributed by atoms with Crippen molar-refractivity contribution >= 4 is 21.4 Å². The van der Waals surface area contributed by atoms with Gasteiger partial charge in [-0.25, -0.2) is 12.8 Å². The van der Waals surface area contributed by atoms with E-state index in [0.29, 0.717) is 12.1 Å². The van der Waals surface area contributed by atoms with E-state index in [4.69, 9.17) is 0 Å². The van der Waals surface area contributed by atoms with E-state index in [-0.39, 0.29) is 24.0 Å². The molecule has 0 spiro atoms. The molecule has 0 radical (unpaired) electrons. The maximum Gasteiger partial charge on any atom is 0.231 e. The molecule has 1 aromatic carbocycles. The molecular formula is C17H17FN2O3S. The van der Waals surface area contributed by atoms with Gasteiger partial charge in [0.25, 0.3) is 0 Å². The molecular weight excluding hydrogens is 331 g/mol. The van der Waals surface area contributed by atoms with Gasteiger partial charge in [-0.3, -0.25) is 9.78 Å². The van der Waals surface area contributed by atoms with Crippen LogP contribution in [0.1, 0.15) is 12.0 Å². The summed E-state index contributed by atoms with van der Waals surface area (Å²) >= 11 is 0. The summed E-state index contributed by atoms with van der Waals surface area (Å²) in [5.41, 5.74) is 1.35. The Morgan fingerprint density at radius 3 is 2.58 bits per heavy atom. The van der Waals surface area contributed by atoms with Gasteiger partial charge in [-0.1, -0.05) is 6.07 Å². The predicted molar refractivity (Wildman–Crippen MR) is 88.6 cm³/mol. The predicted octanol–water partition coefficient (Wildman–Crippen LogP) is 2.19. The molecule has 1 aliphatic heterocycles. The van der Waals surface area contributed by atoms with Crippen molar-refractivity contribution in [2.75, 3.05) is 16.4 Å². The zero-order valence-corrected chi connectivity index (χ0v) is 13.7. The Bertz CT molecular complexity index is 823. The van der Waals surface area contributed by atoms with Gasteiger partial charge < -0.3 is 4.90 Å². The number of hydrogen-bond donors (Lipinski definition) is 0. The molecule has 1 amide bonds. The molecule has 24 heavy (non-hydrogen) atoms. The van der Waals surface area contributed by atoms with E-state index >= 15 is 0 Å². The van der Waals surface area contributed by atoms with Gasteiger partial charge in [0.1, 0.15) is 5.82 Å². The van der Waals surface area contributed by atoms with Crippen LogP contribution >= 0.6 is 0 Å². The Morgan fingerprint density at radius 2 is 2.00 bits per heavy atom. The number of rotatable bonds is 4. The number of pyridine rings is 1. The zero-order chi connectivity index (χ0) is 17.2. The van der Waals surface area contributed by atoms with E-state index in [0.717, 1.165) is 5.56 Å². The van der Waals surface area contributed by atoms with Crippen LogP contribution in [-0.4, -0.2) is 30.8 Å². The van der Waals surface area contributed by atoms with Crippen molar-refractivity contribution in [3.8, 4) is 0 Å². The number of anilines is 1. The molecule has 126 valence electrons. The first-order valence-corrected chi connectivity index (χ1v) is 9.43. The smallest absolute Gasteiger partial charge is 0.231 e. The minimum atomic E-state index is -3.16. The molecule has 0 aliphatic carbocycles. The number of hydrogen-bond acceptors (Lipinski definition) is 4. The molecule has 1 saturated heterocycles. The van der Waals surface area contributed by atoms with E-state index in [9.17, 15) is 17.6 Å². The van der Waals surface area contributed by atoms with Gasteiger partial charge in [-0.15, -0.1) is 0 Å². The van der Waals surface area contributed by atoms with Crippen molar-refractivity contribution in [3.63, 3.8) is 0 Å². The fourth-order valence-corrected chi connectivity index (χ4v) is 4.53. The fourth-order valence-electron chi connectivity index (χ4n) is 2.80. The summed E-state index contributed by atoms with van der Waals surface area (Å²) < 4.78 is 36.5. The summed E-state index contributed by atoms with van der Waals surface area (Å²) in [7, 11) is -3.16. The van der Waals surface area contributed by atoms with Crippen LogP contribution in [0.5, 0.6) is 0 Å². The van der Waals surface area contributed by atoms with E-state index in [1.54, 1.807) is 18.5 Å². The Labute approximate surface area is 140 Å². The first kappa shape index (κ1) is 16.6. The maximum absolute atomic E-state index is 13.2. The Hall–Kier alpha value is -2.28. The fraction of sp³-hybridized carbons (Fsp3) is 0.294. The Morgan fingerprint density at radius 1 is 1.25 bits per heavy atom. The molecule has 1 aliphatic rings. The highest BCUT2D eigenvalue weighted by molar-refractivity contribution is 7.91. The summed E-state index contributed by atoms with van der Waals surface area (Å²) in [6.07, 6.45) is 3.61. The third-order valence-electron chi connectivity index (χ3n) is 4.05. The summed E-state index contributed by atoms with van der Waals surface area (Å²) in [6, 6.07) is 9.21. The first-order chi connectivity index (χ1) is 11.4. The Kier molecular flexibility index (Phi) is 4.62. The van der Waals surface area contributed by atoms with Crippen molar-refractivity contribution in [1.29, 1.82) is 0 Å². The molecule has 0 bridgehead atoms. The number of amides is 1. The van der Waals surface area contributed by atoms with Crippen molar-refractivity contribution in [2.45, 2.75) is 13.0 Å². The molecule has 3 rings (SSSR count). The van der Waals surface area contributed by atoms with Gasteiger partial charge in [0.15, 0.2) is 9.84 Å². The van der Waals surface area contributed by atoms with Crippen LogP contribution < -0.4 is 4.90 Å². The van der Waals surface area contributed by atoms with Gasteiger partial charge >= 0.3 is 0 Å². The number of halogens is 1. The average Bonchev–Trinajstić information content (AvgIpc) is 2.94. The van der Waals surface area contributed by atoms with Gasteiger partial charge in [-0.05, 0) is 42.3 Å². The molecule has 7 heteroatoms. The number of aromatic nitrogens is 1. The number of sulfone groups is 1. The Balaban J connectivity index is 1.89. The van der Waals surface area contributed by atoms with Crippen LogP contribution in [0.25, 0.3) is 0 Å². The first-order valence-electron chi connectivity index (χ1n) is 7.61. The molecule has 0 saturated carbocycles. The maximum atomic E-state index is 13.2. The summed E-state index contributed by atoms with van der Waals surface area (Å²) in [5, 5.41) is 0. The molecule has 1 atom stereocenters. The van der Waals surface area contributed by atoms with Crippen molar-refractivity contribution in [3.05, 3.63) is 60.2 Å². The quantitative estimate of drug-likeness (QED) is 0.849. The molecule has 2 heterocycles. The molecule has 5 nitrogen and oxygen atoms in total. The second-order valence-corrected chi connectivity index (χ2v) is 8.09. The number of benzene rings is 1. The zero-order valence-electron chi connectivity index (χ0n) is 12.9. The van der Waals surface area contributed by atoms with E-state index in [1.807, 2.05) is 6.07 Å². The topological polar surface area (TPSA) is 67.3 Å². The molecule has 2 aromatic rings. The van der Waals surface area contributed by atoms with Crippen molar-refractivity contribution < 1.29 is 17.6 Å². The molecule has 1 aromatic heterocycles. The van der Waals surface area contributed by atoms with Crippen LogP contribution in [0, 0.1) is 11.7 Å². The third-order valence-corrected chi connectivity index (χ3v) is 5.82. The number of nitrogens with zero attached hydrogens (tertiary/aromatic N) is 2. The molecule has 0 unspecified atom stereocenters. The minimum absolute atomic E-state index is 0.0353. The number of carbonyl (C=O) groups excluding carboxylic acids is 1. The second kappa shape index (κ2) is 6.68.